The van der Waals surface area contributed by atoms with Crippen LogP contribution in [0.25, 0.3) is 0 Å². The summed E-state index contributed by atoms with van der Waals surface area (Å²) in [5.41, 5.74) is 2.70. The zero-order chi connectivity index (χ0) is 20.8. The van der Waals surface area contributed by atoms with Crippen LogP contribution in [-0.4, -0.2) is 13.0 Å². The Morgan fingerprint density at radius 3 is 1.87 bits per heavy atom. The van der Waals surface area contributed by atoms with Crippen molar-refractivity contribution in [1.82, 2.24) is 0 Å². The van der Waals surface area contributed by atoms with E-state index in [2.05, 4.69) is 0 Å². The van der Waals surface area contributed by atoms with Crippen molar-refractivity contribution in [2.45, 2.75) is 5.92 Å². The Labute approximate surface area is 177 Å². The zero-order valence-electron chi connectivity index (χ0n) is 16.8. The molecule has 0 aliphatic carbocycles. The minimum atomic E-state index is -0.435. The molecule has 4 aromatic carbocycles. The van der Waals surface area contributed by atoms with Crippen LogP contribution in [-0.2, 0) is 4.79 Å². The summed E-state index contributed by atoms with van der Waals surface area (Å²) in [5.74, 6) is 1.04. The van der Waals surface area contributed by atoms with Crippen LogP contribution in [0.1, 0.15) is 17.0 Å². The molecule has 0 fully saturated rings. The summed E-state index contributed by atoms with van der Waals surface area (Å²) < 4.78 is 6.01. The Kier molecular flexibility index (Phi) is 5.90. The Morgan fingerprint density at radius 1 is 0.667 bits per heavy atom. The maximum Gasteiger partial charge on any atom is 0.238 e. The van der Waals surface area contributed by atoms with Gasteiger partial charge < -0.3 is 9.64 Å². The average molecular weight is 393 g/mol. The fourth-order valence-electron chi connectivity index (χ4n) is 3.48. The molecule has 0 radical (unpaired) electrons. The van der Waals surface area contributed by atoms with Gasteiger partial charge in [-0.15, -0.1) is 0 Å². The van der Waals surface area contributed by atoms with Crippen molar-refractivity contribution < 1.29 is 9.53 Å². The first-order valence-corrected chi connectivity index (χ1v) is 9.93. The molecule has 30 heavy (non-hydrogen) atoms. The summed E-state index contributed by atoms with van der Waals surface area (Å²) >= 11 is 0. The first-order valence-electron chi connectivity index (χ1n) is 9.93. The summed E-state index contributed by atoms with van der Waals surface area (Å²) in [7, 11) is 1.82. The SMILES string of the molecule is CN(C(=O)C(c1ccccc1)c1cccc(Oc2ccccc2)c1)c1ccccc1. The number of amides is 1. The van der Waals surface area contributed by atoms with E-state index in [0.29, 0.717) is 5.75 Å². The largest absolute Gasteiger partial charge is 0.457 e. The summed E-state index contributed by atoms with van der Waals surface area (Å²) in [6, 6.07) is 37.0. The van der Waals surface area contributed by atoms with Crippen LogP contribution in [0.5, 0.6) is 11.5 Å². The molecule has 0 aliphatic rings. The highest BCUT2D eigenvalue weighted by Gasteiger charge is 2.27. The lowest BCUT2D eigenvalue weighted by atomic mass is 9.89. The molecule has 1 amide bonds. The molecule has 0 heterocycles. The van der Waals surface area contributed by atoms with E-state index in [9.17, 15) is 4.79 Å². The molecule has 3 nitrogen and oxygen atoms in total. The summed E-state index contributed by atoms with van der Waals surface area (Å²) in [4.78, 5) is 15.3. The number of hydrogen-bond donors (Lipinski definition) is 0. The number of ether oxygens (including phenoxy) is 1. The van der Waals surface area contributed by atoms with Gasteiger partial charge in [0.25, 0.3) is 0 Å². The van der Waals surface area contributed by atoms with Gasteiger partial charge in [0.15, 0.2) is 0 Å². The number of hydrogen-bond acceptors (Lipinski definition) is 2. The molecule has 0 aliphatic heterocycles. The molecule has 0 N–H and O–H groups in total. The highest BCUT2D eigenvalue weighted by molar-refractivity contribution is 5.99. The third-order valence-corrected chi connectivity index (χ3v) is 5.02. The monoisotopic (exact) mass is 393 g/mol. The highest BCUT2D eigenvalue weighted by Crippen LogP contribution is 2.32. The third-order valence-electron chi connectivity index (χ3n) is 5.02. The van der Waals surface area contributed by atoms with Crippen LogP contribution in [0.4, 0.5) is 5.69 Å². The molecule has 4 rings (SSSR count). The number of benzene rings is 4. The predicted octanol–water partition coefficient (Wildman–Crippen LogP) is 6.27. The fourth-order valence-corrected chi connectivity index (χ4v) is 3.48. The number of para-hydroxylation sites is 2. The fraction of sp³-hybridized carbons (Fsp3) is 0.0741. The van der Waals surface area contributed by atoms with Crippen molar-refractivity contribution in [2.24, 2.45) is 0 Å². The number of anilines is 1. The van der Waals surface area contributed by atoms with E-state index in [-0.39, 0.29) is 5.91 Å². The molecule has 0 saturated carbocycles. The van der Waals surface area contributed by atoms with Gasteiger partial charge in [-0.3, -0.25) is 4.79 Å². The van der Waals surface area contributed by atoms with Gasteiger partial charge in [0.05, 0.1) is 5.92 Å². The van der Waals surface area contributed by atoms with Gasteiger partial charge in [0, 0.05) is 12.7 Å². The van der Waals surface area contributed by atoms with Gasteiger partial charge in [0.2, 0.25) is 5.91 Å². The van der Waals surface area contributed by atoms with Gasteiger partial charge in [-0.1, -0.05) is 78.9 Å². The Bertz CT molecular complexity index is 1100. The van der Waals surface area contributed by atoms with E-state index in [1.807, 2.05) is 122 Å². The standard InChI is InChI=1S/C27H23NO2/c1-28(23-15-7-3-8-16-23)27(29)26(21-12-5-2-6-13-21)22-14-11-19-25(20-22)30-24-17-9-4-10-18-24/h2-20,26H,1H3. The number of likely N-dealkylation sites (N-methyl/N-ethyl adjacent to an activating group) is 1. The lowest BCUT2D eigenvalue weighted by Crippen LogP contribution is -2.32. The lowest BCUT2D eigenvalue weighted by molar-refractivity contribution is -0.118. The minimum absolute atomic E-state index is 0.00395. The molecule has 0 aromatic heterocycles. The first-order chi connectivity index (χ1) is 14.7. The quantitative estimate of drug-likeness (QED) is 0.386. The molecule has 4 aromatic rings. The normalized spacial score (nSPS) is 11.5. The highest BCUT2D eigenvalue weighted by atomic mass is 16.5. The Hall–Kier alpha value is -3.85. The average Bonchev–Trinajstić information content (AvgIpc) is 2.81. The molecule has 1 atom stereocenters. The van der Waals surface area contributed by atoms with Gasteiger partial charge in [-0.25, -0.2) is 0 Å². The third kappa shape index (κ3) is 4.41. The second kappa shape index (κ2) is 9.10. The maximum atomic E-state index is 13.6. The van der Waals surface area contributed by atoms with Crippen molar-refractivity contribution >= 4 is 11.6 Å². The number of carbonyl (C=O) groups excluding carboxylic acids is 1. The van der Waals surface area contributed by atoms with Crippen molar-refractivity contribution in [2.75, 3.05) is 11.9 Å². The summed E-state index contributed by atoms with van der Waals surface area (Å²) in [6.45, 7) is 0. The van der Waals surface area contributed by atoms with E-state index >= 15 is 0 Å². The number of nitrogens with zero attached hydrogens (tertiary/aromatic N) is 1. The number of rotatable bonds is 6. The molecule has 1 unspecified atom stereocenters. The zero-order valence-corrected chi connectivity index (χ0v) is 16.8. The van der Waals surface area contributed by atoms with Gasteiger partial charge in [-0.2, -0.15) is 0 Å². The molecule has 3 heteroatoms. The van der Waals surface area contributed by atoms with Crippen LogP contribution >= 0.6 is 0 Å². The van der Waals surface area contributed by atoms with E-state index in [0.717, 1.165) is 22.6 Å². The van der Waals surface area contributed by atoms with Crippen molar-refractivity contribution in [3.8, 4) is 11.5 Å². The van der Waals surface area contributed by atoms with Crippen molar-refractivity contribution in [3.05, 3.63) is 126 Å². The molecular formula is C27H23NO2. The van der Waals surface area contributed by atoms with E-state index in [4.69, 9.17) is 4.74 Å². The van der Waals surface area contributed by atoms with Crippen LogP contribution in [0.2, 0.25) is 0 Å². The van der Waals surface area contributed by atoms with E-state index < -0.39 is 5.92 Å². The second-order valence-corrected chi connectivity index (χ2v) is 7.06. The van der Waals surface area contributed by atoms with Crippen LogP contribution < -0.4 is 9.64 Å². The van der Waals surface area contributed by atoms with E-state index in [1.54, 1.807) is 4.90 Å². The Morgan fingerprint density at radius 2 is 1.20 bits per heavy atom. The molecule has 0 spiro atoms. The van der Waals surface area contributed by atoms with Crippen LogP contribution in [0.15, 0.2) is 115 Å². The van der Waals surface area contributed by atoms with Crippen molar-refractivity contribution in [1.29, 1.82) is 0 Å². The lowest BCUT2D eigenvalue weighted by Gasteiger charge is -2.25. The Balaban J connectivity index is 1.70. The predicted molar refractivity (Wildman–Crippen MR) is 121 cm³/mol. The molecule has 148 valence electrons. The molecule has 0 bridgehead atoms. The molecular weight excluding hydrogens is 370 g/mol. The number of carbonyl (C=O) groups is 1. The van der Waals surface area contributed by atoms with E-state index in [1.165, 1.54) is 0 Å². The van der Waals surface area contributed by atoms with Gasteiger partial charge >= 0.3 is 0 Å². The topological polar surface area (TPSA) is 29.5 Å². The van der Waals surface area contributed by atoms with Crippen molar-refractivity contribution in [3.63, 3.8) is 0 Å². The van der Waals surface area contributed by atoms with Gasteiger partial charge in [-0.05, 0) is 47.5 Å². The summed E-state index contributed by atoms with van der Waals surface area (Å²) in [6.07, 6.45) is 0. The minimum Gasteiger partial charge on any atom is -0.457 e. The smallest absolute Gasteiger partial charge is 0.238 e. The first kappa shape index (κ1) is 19.5. The molecule has 0 saturated heterocycles. The maximum absolute atomic E-state index is 13.6. The van der Waals surface area contributed by atoms with Crippen LogP contribution in [0, 0.1) is 0 Å². The van der Waals surface area contributed by atoms with Gasteiger partial charge in [0.1, 0.15) is 11.5 Å². The summed E-state index contributed by atoms with van der Waals surface area (Å²) in [5, 5.41) is 0. The van der Waals surface area contributed by atoms with Crippen LogP contribution in [0.3, 0.4) is 0 Å². The second-order valence-electron chi connectivity index (χ2n) is 7.06.